The molecule has 0 aliphatic carbocycles. The minimum Gasteiger partial charge on any atom is -0.371 e. The molecule has 1 saturated heterocycles. The Bertz CT molecular complexity index is 977. The number of nitrogens with one attached hydrogen (secondary N) is 2. The van der Waals surface area contributed by atoms with Crippen LogP contribution >= 0.6 is 0 Å². The van der Waals surface area contributed by atoms with Crippen molar-refractivity contribution in [2.45, 2.75) is 25.4 Å². The van der Waals surface area contributed by atoms with Gasteiger partial charge in [0.25, 0.3) is 0 Å². The summed E-state index contributed by atoms with van der Waals surface area (Å²) in [5.41, 5.74) is 3.15. The zero-order chi connectivity index (χ0) is 20.8. The first-order valence-corrected chi connectivity index (χ1v) is 10.3. The summed E-state index contributed by atoms with van der Waals surface area (Å²) < 4.78 is 15.3. The Hall–Kier alpha value is -3.35. The fraction of sp³-hybridized carbons (Fsp3) is 0.304. The van der Waals surface area contributed by atoms with Gasteiger partial charge in [-0.05, 0) is 54.8 Å². The third-order valence-electron chi connectivity index (χ3n) is 5.37. The van der Waals surface area contributed by atoms with Gasteiger partial charge in [0.15, 0.2) is 5.96 Å². The van der Waals surface area contributed by atoms with Gasteiger partial charge < -0.3 is 15.5 Å². The van der Waals surface area contributed by atoms with Crippen LogP contribution in [0, 0.1) is 5.82 Å². The highest BCUT2D eigenvalue weighted by atomic mass is 19.1. The zero-order valence-electron chi connectivity index (χ0n) is 17.1. The Morgan fingerprint density at radius 2 is 1.90 bits per heavy atom. The number of guanidine groups is 1. The Morgan fingerprint density at radius 3 is 2.63 bits per heavy atom. The molecule has 0 amide bonds. The number of piperidine rings is 1. The summed E-state index contributed by atoms with van der Waals surface area (Å²) in [7, 11) is 1.79. The Balaban J connectivity index is 1.28. The average Bonchev–Trinajstić information content (AvgIpc) is 3.32. The molecule has 1 aliphatic rings. The van der Waals surface area contributed by atoms with E-state index >= 15 is 0 Å². The molecule has 2 N–H and O–H groups in total. The minimum atomic E-state index is -0.186. The van der Waals surface area contributed by atoms with Gasteiger partial charge in [0.1, 0.15) is 5.82 Å². The van der Waals surface area contributed by atoms with Crippen LogP contribution in [0.5, 0.6) is 0 Å². The molecule has 2 heterocycles. The van der Waals surface area contributed by atoms with Gasteiger partial charge in [-0.2, -0.15) is 5.10 Å². The predicted molar refractivity (Wildman–Crippen MR) is 119 cm³/mol. The third-order valence-corrected chi connectivity index (χ3v) is 5.37. The normalized spacial score (nSPS) is 15.3. The second kappa shape index (κ2) is 9.43. The maximum Gasteiger partial charge on any atom is 0.191 e. The average molecular weight is 407 g/mol. The van der Waals surface area contributed by atoms with Crippen LogP contribution in [0.2, 0.25) is 0 Å². The molecule has 3 aromatic rings. The van der Waals surface area contributed by atoms with Gasteiger partial charge in [0.05, 0.1) is 5.69 Å². The van der Waals surface area contributed by atoms with Crippen molar-refractivity contribution in [2.24, 2.45) is 4.99 Å². The number of benzene rings is 2. The molecule has 6 nitrogen and oxygen atoms in total. The first-order chi connectivity index (χ1) is 14.7. The van der Waals surface area contributed by atoms with Crippen LogP contribution in [-0.2, 0) is 6.54 Å². The molecule has 1 fully saturated rings. The van der Waals surface area contributed by atoms with Crippen molar-refractivity contribution in [2.75, 3.05) is 25.0 Å². The lowest BCUT2D eigenvalue weighted by molar-refractivity contribution is 0.461. The Labute approximate surface area is 176 Å². The molecule has 0 bridgehead atoms. The monoisotopic (exact) mass is 406 g/mol. The lowest BCUT2D eigenvalue weighted by Gasteiger charge is -2.34. The van der Waals surface area contributed by atoms with E-state index in [9.17, 15) is 4.39 Å². The smallest absolute Gasteiger partial charge is 0.191 e. The van der Waals surface area contributed by atoms with Crippen molar-refractivity contribution in [3.63, 3.8) is 0 Å². The molecule has 30 heavy (non-hydrogen) atoms. The molecular formula is C23H27FN6. The number of halogens is 1. The molecule has 0 unspecified atom stereocenters. The number of aromatic nitrogens is 2. The van der Waals surface area contributed by atoms with Crippen molar-refractivity contribution in [3.05, 3.63) is 78.4 Å². The molecule has 2 aromatic carbocycles. The van der Waals surface area contributed by atoms with Crippen molar-refractivity contribution >= 4 is 11.6 Å². The van der Waals surface area contributed by atoms with Gasteiger partial charge in [-0.15, -0.1) is 0 Å². The van der Waals surface area contributed by atoms with Gasteiger partial charge in [0, 0.05) is 50.8 Å². The number of anilines is 1. The van der Waals surface area contributed by atoms with E-state index in [0.717, 1.165) is 48.8 Å². The quantitative estimate of drug-likeness (QED) is 0.504. The van der Waals surface area contributed by atoms with E-state index < -0.39 is 0 Å². The van der Waals surface area contributed by atoms with Crippen molar-refractivity contribution in [3.8, 4) is 5.69 Å². The molecule has 0 spiro atoms. The Morgan fingerprint density at radius 1 is 1.10 bits per heavy atom. The summed E-state index contributed by atoms with van der Waals surface area (Å²) in [6.07, 6.45) is 5.66. The molecule has 4 rings (SSSR count). The molecule has 0 radical (unpaired) electrons. The van der Waals surface area contributed by atoms with Crippen LogP contribution in [0.15, 0.2) is 72.0 Å². The fourth-order valence-corrected chi connectivity index (χ4v) is 3.76. The highest BCUT2D eigenvalue weighted by Crippen LogP contribution is 2.20. The molecule has 156 valence electrons. The second-order valence-electron chi connectivity index (χ2n) is 7.43. The molecule has 1 aromatic heterocycles. The van der Waals surface area contributed by atoms with E-state index in [1.54, 1.807) is 25.4 Å². The van der Waals surface area contributed by atoms with Crippen molar-refractivity contribution in [1.29, 1.82) is 0 Å². The predicted octanol–water partition coefficient (Wildman–Crippen LogP) is 3.35. The van der Waals surface area contributed by atoms with Crippen LogP contribution in [0.1, 0.15) is 18.4 Å². The van der Waals surface area contributed by atoms with Gasteiger partial charge in [-0.25, -0.2) is 9.07 Å². The fourth-order valence-electron chi connectivity index (χ4n) is 3.76. The van der Waals surface area contributed by atoms with E-state index in [1.165, 1.54) is 6.07 Å². The summed E-state index contributed by atoms with van der Waals surface area (Å²) in [6, 6.07) is 17.4. The highest BCUT2D eigenvalue weighted by Gasteiger charge is 2.20. The van der Waals surface area contributed by atoms with Crippen LogP contribution in [0.4, 0.5) is 10.1 Å². The van der Waals surface area contributed by atoms with Crippen LogP contribution in [0.25, 0.3) is 5.69 Å². The third kappa shape index (κ3) is 4.97. The summed E-state index contributed by atoms with van der Waals surface area (Å²) in [6.45, 7) is 2.46. The van der Waals surface area contributed by atoms with Crippen LogP contribution in [-0.4, -0.2) is 41.9 Å². The molecule has 7 heteroatoms. The standard InChI is InChI=1S/C23H27FN6/c1-25-23(26-17-18-5-2-8-22(15-18)30-12-4-11-27-30)28-20-9-13-29(14-10-20)21-7-3-6-19(24)16-21/h2-8,11-12,15-16,20H,9-10,13-14,17H2,1H3,(H2,25,26,28). The van der Waals surface area contributed by atoms with E-state index in [1.807, 2.05) is 35.1 Å². The molecule has 0 saturated carbocycles. The minimum absolute atomic E-state index is 0.186. The SMILES string of the molecule is CN=C(NCc1cccc(-n2cccn2)c1)NC1CCN(c2cccc(F)c2)CC1. The first kappa shape index (κ1) is 19.9. The van der Waals surface area contributed by atoms with E-state index in [4.69, 9.17) is 0 Å². The van der Waals surface area contributed by atoms with E-state index in [0.29, 0.717) is 12.6 Å². The van der Waals surface area contributed by atoms with Crippen LogP contribution < -0.4 is 15.5 Å². The lowest BCUT2D eigenvalue weighted by atomic mass is 10.0. The summed E-state index contributed by atoms with van der Waals surface area (Å²) in [5.74, 6) is 0.609. The number of aliphatic imine (C=N–C) groups is 1. The number of rotatable bonds is 5. The van der Waals surface area contributed by atoms with E-state index in [-0.39, 0.29) is 5.82 Å². The second-order valence-corrected chi connectivity index (χ2v) is 7.43. The topological polar surface area (TPSA) is 57.5 Å². The maximum absolute atomic E-state index is 13.5. The molecule has 0 atom stereocenters. The maximum atomic E-state index is 13.5. The summed E-state index contributed by atoms with van der Waals surface area (Å²) >= 11 is 0. The molecular weight excluding hydrogens is 379 g/mol. The number of nitrogens with zero attached hydrogens (tertiary/aromatic N) is 4. The lowest BCUT2D eigenvalue weighted by Crippen LogP contribution is -2.48. The van der Waals surface area contributed by atoms with Crippen LogP contribution in [0.3, 0.4) is 0 Å². The van der Waals surface area contributed by atoms with Crippen molar-refractivity contribution in [1.82, 2.24) is 20.4 Å². The summed E-state index contributed by atoms with van der Waals surface area (Å²) in [5, 5.41) is 11.2. The van der Waals surface area contributed by atoms with Crippen molar-refractivity contribution < 1.29 is 4.39 Å². The van der Waals surface area contributed by atoms with Gasteiger partial charge in [0.2, 0.25) is 0 Å². The Kier molecular flexibility index (Phi) is 6.27. The largest absolute Gasteiger partial charge is 0.371 e. The first-order valence-electron chi connectivity index (χ1n) is 10.3. The number of hydrogen-bond donors (Lipinski definition) is 2. The zero-order valence-corrected chi connectivity index (χ0v) is 17.1. The van der Waals surface area contributed by atoms with Gasteiger partial charge >= 0.3 is 0 Å². The van der Waals surface area contributed by atoms with Gasteiger partial charge in [-0.3, -0.25) is 4.99 Å². The van der Waals surface area contributed by atoms with Gasteiger partial charge in [-0.1, -0.05) is 18.2 Å². The highest BCUT2D eigenvalue weighted by molar-refractivity contribution is 5.80. The van der Waals surface area contributed by atoms with E-state index in [2.05, 4.69) is 37.8 Å². The molecule has 1 aliphatic heterocycles. The number of hydrogen-bond acceptors (Lipinski definition) is 3. The summed E-state index contributed by atoms with van der Waals surface area (Å²) in [4.78, 5) is 6.61.